The number of carbonyl (C=O) groups excluding carboxylic acids is 1. The summed E-state index contributed by atoms with van der Waals surface area (Å²) >= 11 is 0. The molecule has 0 aromatic heterocycles. The number of anilines is 1. The highest BCUT2D eigenvalue weighted by molar-refractivity contribution is 7.89. The topological polar surface area (TPSA) is 75.3 Å². The Hall–Kier alpha value is -2.25. The fourth-order valence-corrected chi connectivity index (χ4v) is 3.45. The Kier molecular flexibility index (Phi) is 6.27. The number of nitrogens with one attached hydrogen (secondary N) is 2. The number of hydrogen-bond acceptors (Lipinski definition) is 3. The zero-order valence-electron chi connectivity index (χ0n) is 14.1. The number of sulfonamides is 1. The predicted molar refractivity (Wildman–Crippen MR) is 95.3 cm³/mol. The first-order valence-electron chi connectivity index (χ1n) is 7.97. The monoisotopic (exact) mass is 364 g/mol. The molecule has 1 atom stereocenters. The van der Waals surface area contributed by atoms with Gasteiger partial charge in [-0.2, -0.15) is 0 Å². The molecule has 0 fully saturated rings. The quantitative estimate of drug-likeness (QED) is 0.793. The summed E-state index contributed by atoms with van der Waals surface area (Å²) in [7, 11) is -3.57. The molecule has 2 N–H and O–H groups in total. The minimum atomic E-state index is -3.57. The van der Waals surface area contributed by atoms with E-state index in [9.17, 15) is 17.6 Å². The van der Waals surface area contributed by atoms with Crippen molar-refractivity contribution >= 4 is 21.6 Å². The summed E-state index contributed by atoms with van der Waals surface area (Å²) in [4.78, 5) is 12.1. The highest BCUT2D eigenvalue weighted by Gasteiger charge is 2.16. The standard InChI is InChI=1S/C18H21FN2O3S/c1-3-13(2)21-25(23,24)17-10-8-16(9-11-17)20-18(22)12-14-4-6-15(19)7-5-14/h4-11,13,21H,3,12H2,1-2H3,(H,20,22)/t13-/m1/s1. The van der Waals surface area contributed by atoms with Crippen LogP contribution in [0, 0.1) is 5.82 Å². The van der Waals surface area contributed by atoms with Crippen molar-refractivity contribution in [2.75, 3.05) is 5.32 Å². The van der Waals surface area contributed by atoms with Gasteiger partial charge in [-0.1, -0.05) is 19.1 Å². The van der Waals surface area contributed by atoms with E-state index >= 15 is 0 Å². The fourth-order valence-electron chi connectivity index (χ4n) is 2.13. The summed E-state index contributed by atoms with van der Waals surface area (Å²) in [6.45, 7) is 3.69. The average Bonchev–Trinajstić information content (AvgIpc) is 2.57. The van der Waals surface area contributed by atoms with Gasteiger partial charge in [0.05, 0.1) is 11.3 Å². The van der Waals surface area contributed by atoms with Crippen molar-refractivity contribution in [3.05, 3.63) is 59.9 Å². The van der Waals surface area contributed by atoms with E-state index in [-0.39, 0.29) is 29.1 Å². The molecule has 25 heavy (non-hydrogen) atoms. The molecule has 0 saturated carbocycles. The van der Waals surface area contributed by atoms with Gasteiger partial charge in [0.1, 0.15) is 5.82 Å². The molecule has 0 spiro atoms. The SMILES string of the molecule is CC[C@@H](C)NS(=O)(=O)c1ccc(NC(=O)Cc2ccc(F)cc2)cc1. The number of carbonyl (C=O) groups is 1. The second kappa shape index (κ2) is 8.22. The molecule has 0 bridgehead atoms. The van der Waals surface area contributed by atoms with E-state index in [1.54, 1.807) is 19.1 Å². The van der Waals surface area contributed by atoms with Crippen LogP contribution in [0.2, 0.25) is 0 Å². The first-order chi connectivity index (χ1) is 11.8. The van der Waals surface area contributed by atoms with Crippen LogP contribution in [0.1, 0.15) is 25.8 Å². The van der Waals surface area contributed by atoms with Gasteiger partial charge in [-0.3, -0.25) is 4.79 Å². The van der Waals surface area contributed by atoms with Crippen LogP contribution in [-0.4, -0.2) is 20.4 Å². The molecule has 0 aliphatic carbocycles. The van der Waals surface area contributed by atoms with Crippen molar-refractivity contribution in [2.45, 2.75) is 37.6 Å². The second-order valence-corrected chi connectivity index (χ2v) is 7.52. The Morgan fingerprint density at radius 2 is 1.68 bits per heavy atom. The number of amides is 1. The van der Waals surface area contributed by atoms with Gasteiger partial charge in [0.15, 0.2) is 0 Å². The van der Waals surface area contributed by atoms with Gasteiger partial charge >= 0.3 is 0 Å². The van der Waals surface area contributed by atoms with E-state index in [2.05, 4.69) is 10.0 Å². The normalized spacial score (nSPS) is 12.6. The smallest absolute Gasteiger partial charge is 0.240 e. The molecule has 0 aliphatic heterocycles. The summed E-state index contributed by atoms with van der Waals surface area (Å²) in [6.07, 6.45) is 0.798. The molecule has 2 aromatic carbocycles. The van der Waals surface area contributed by atoms with Crippen LogP contribution in [-0.2, 0) is 21.2 Å². The Bertz CT molecular complexity index is 818. The molecular weight excluding hydrogens is 343 g/mol. The average molecular weight is 364 g/mol. The Morgan fingerprint density at radius 3 is 2.24 bits per heavy atom. The summed E-state index contributed by atoms with van der Waals surface area (Å²) in [6, 6.07) is 11.5. The maximum absolute atomic E-state index is 12.9. The largest absolute Gasteiger partial charge is 0.326 e. The van der Waals surface area contributed by atoms with E-state index < -0.39 is 10.0 Å². The van der Waals surface area contributed by atoms with Crippen LogP contribution >= 0.6 is 0 Å². The molecule has 0 saturated heterocycles. The lowest BCUT2D eigenvalue weighted by molar-refractivity contribution is -0.115. The number of halogens is 1. The molecule has 134 valence electrons. The van der Waals surface area contributed by atoms with E-state index in [0.29, 0.717) is 17.7 Å². The molecule has 1 amide bonds. The van der Waals surface area contributed by atoms with Gasteiger partial charge in [-0.25, -0.2) is 17.5 Å². The Morgan fingerprint density at radius 1 is 1.08 bits per heavy atom. The third-order valence-electron chi connectivity index (χ3n) is 3.70. The van der Waals surface area contributed by atoms with E-state index in [1.165, 1.54) is 36.4 Å². The zero-order valence-corrected chi connectivity index (χ0v) is 14.9. The van der Waals surface area contributed by atoms with Crippen molar-refractivity contribution < 1.29 is 17.6 Å². The van der Waals surface area contributed by atoms with Gasteiger partial charge in [-0.15, -0.1) is 0 Å². The molecule has 7 heteroatoms. The van der Waals surface area contributed by atoms with Crippen LogP contribution in [0.15, 0.2) is 53.4 Å². The lowest BCUT2D eigenvalue weighted by Gasteiger charge is -2.12. The van der Waals surface area contributed by atoms with Crippen LogP contribution in [0.4, 0.5) is 10.1 Å². The first kappa shape index (κ1) is 19.1. The van der Waals surface area contributed by atoms with Crippen molar-refractivity contribution in [3.63, 3.8) is 0 Å². The molecule has 0 heterocycles. The van der Waals surface area contributed by atoms with Crippen molar-refractivity contribution in [1.29, 1.82) is 0 Å². The lowest BCUT2D eigenvalue weighted by Crippen LogP contribution is -2.31. The van der Waals surface area contributed by atoms with Crippen LogP contribution in [0.5, 0.6) is 0 Å². The molecule has 5 nitrogen and oxygen atoms in total. The zero-order chi connectivity index (χ0) is 18.4. The van der Waals surface area contributed by atoms with Crippen LogP contribution in [0.25, 0.3) is 0 Å². The van der Waals surface area contributed by atoms with Crippen molar-refractivity contribution in [1.82, 2.24) is 4.72 Å². The van der Waals surface area contributed by atoms with Gasteiger partial charge in [-0.05, 0) is 55.3 Å². The van der Waals surface area contributed by atoms with Gasteiger partial charge in [0, 0.05) is 11.7 Å². The highest BCUT2D eigenvalue weighted by Crippen LogP contribution is 2.15. The van der Waals surface area contributed by atoms with E-state index in [0.717, 1.165) is 0 Å². The highest BCUT2D eigenvalue weighted by atomic mass is 32.2. The minimum absolute atomic E-state index is 0.107. The summed E-state index contributed by atoms with van der Waals surface area (Å²) < 4.78 is 39.8. The van der Waals surface area contributed by atoms with E-state index in [4.69, 9.17) is 0 Å². The molecular formula is C18H21FN2O3S. The minimum Gasteiger partial charge on any atom is -0.326 e. The fraction of sp³-hybridized carbons (Fsp3) is 0.278. The van der Waals surface area contributed by atoms with Crippen LogP contribution in [0.3, 0.4) is 0 Å². The first-order valence-corrected chi connectivity index (χ1v) is 9.45. The summed E-state index contributed by atoms with van der Waals surface area (Å²) in [5.41, 5.74) is 1.19. The maximum Gasteiger partial charge on any atom is 0.240 e. The maximum atomic E-state index is 12.9. The number of benzene rings is 2. The van der Waals surface area contributed by atoms with Gasteiger partial charge in [0.2, 0.25) is 15.9 Å². The molecule has 0 aliphatic rings. The predicted octanol–water partition coefficient (Wildman–Crippen LogP) is 3.08. The molecule has 2 rings (SSSR count). The molecule has 0 radical (unpaired) electrons. The molecule has 0 unspecified atom stereocenters. The lowest BCUT2D eigenvalue weighted by atomic mass is 10.1. The Labute approximate surface area is 147 Å². The van der Waals surface area contributed by atoms with E-state index in [1.807, 2.05) is 6.92 Å². The Balaban J connectivity index is 2.00. The summed E-state index contributed by atoms with van der Waals surface area (Å²) in [5, 5.41) is 2.69. The van der Waals surface area contributed by atoms with Crippen molar-refractivity contribution in [2.24, 2.45) is 0 Å². The van der Waals surface area contributed by atoms with Gasteiger partial charge in [0.25, 0.3) is 0 Å². The molecule has 2 aromatic rings. The number of hydrogen-bond donors (Lipinski definition) is 2. The summed E-state index contributed by atoms with van der Waals surface area (Å²) in [5.74, 6) is -0.619. The van der Waals surface area contributed by atoms with Gasteiger partial charge < -0.3 is 5.32 Å². The third-order valence-corrected chi connectivity index (χ3v) is 5.30. The van der Waals surface area contributed by atoms with Crippen LogP contribution < -0.4 is 10.0 Å². The number of rotatable bonds is 7. The third kappa shape index (κ3) is 5.65. The second-order valence-electron chi connectivity index (χ2n) is 5.81. The van der Waals surface area contributed by atoms with Crippen molar-refractivity contribution in [3.8, 4) is 0 Å².